The largest absolute Gasteiger partial charge is 0.377 e. The molecule has 1 aromatic carbocycles. The normalized spacial score (nSPS) is 28.5. The molecule has 28 heavy (non-hydrogen) atoms. The molecule has 1 aliphatic heterocycles. The van der Waals surface area contributed by atoms with Gasteiger partial charge in [-0.1, -0.05) is 31.0 Å². The monoisotopic (exact) mass is 380 g/mol. The van der Waals surface area contributed by atoms with Gasteiger partial charge in [0.1, 0.15) is 0 Å². The maximum Gasteiger partial charge on any atom is 0.191 e. The lowest BCUT2D eigenvalue weighted by atomic mass is 9.54. The smallest absolute Gasteiger partial charge is 0.191 e. The second kappa shape index (κ2) is 7.11. The number of hydrogen-bond donors (Lipinski definition) is 3. The van der Waals surface area contributed by atoms with Gasteiger partial charge in [-0.25, -0.2) is 0 Å². The van der Waals surface area contributed by atoms with E-state index in [1.807, 2.05) is 7.05 Å². The van der Waals surface area contributed by atoms with Crippen molar-refractivity contribution in [3.63, 3.8) is 0 Å². The number of ether oxygens (including phenoxy) is 1. The molecule has 2 aliphatic carbocycles. The van der Waals surface area contributed by atoms with Gasteiger partial charge in [0.2, 0.25) is 0 Å². The number of fused-ring (bicyclic) bond motifs is 3. The highest BCUT2D eigenvalue weighted by molar-refractivity contribution is 5.85. The number of aryl methyl sites for hydroxylation is 1. The van der Waals surface area contributed by atoms with Gasteiger partial charge in [0.15, 0.2) is 5.96 Å². The predicted octanol–water partition coefficient (Wildman–Crippen LogP) is 3.53. The molecule has 1 saturated heterocycles. The van der Waals surface area contributed by atoms with E-state index in [-0.39, 0.29) is 0 Å². The third kappa shape index (κ3) is 2.74. The third-order valence-electron chi connectivity index (χ3n) is 7.50. The number of para-hydroxylation sites is 1. The lowest BCUT2D eigenvalue weighted by molar-refractivity contribution is -0.125. The lowest BCUT2D eigenvalue weighted by Crippen LogP contribution is -2.69. The van der Waals surface area contributed by atoms with Crippen LogP contribution in [-0.2, 0) is 11.2 Å². The van der Waals surface area contributed by atoms with Crippen LogP contribution < -0.4 is 10.6 Å². The summed E-state index contributed by atoms with van der Waals surface area (Å²) in [5, 5.41) is 8.69. The number of H-pyrrole nitrogens is 1. The maximum atomic E-state index is 6.12. The van der Waals surface area contributed by atoms with Crippen molar-refractivity contribution in [1.82, 2.24) is 15.6 Å². The Hall–Kier alpha value is -2.01. The first kappa shape index (κ1) is 18.0. The number of nitrogens with zero attached hydrogens (tertiary/aromatic N) is 1. The number of guanidine groups is 1. The highest BCUT2D eigenvalue weighted by Gasteiger charge is 2.65. The van der Waals surface area contributed by atoms with Gasteiger partial charge in [0.25, 0.3) is 0 Å². The number of aromatic nitrogens is 1. The molecule has 2 saturated carbocycles. The van der Waals surface area contributed by atoms with Crippen LogP contribution in [0.3, 0.4) is 0 Å². The first-order valence-electron chi connectivity index (χ1n) is 10.9. The van der Waals surface area contributed by atoms with Crippen LogP contribution in [0.25, 0.3) is 10.9 Å². The zero-order chi connectivity index (χ0) is 19.1. The van der Waals surface area contributed by atoms with Gasteiger partial charge in [-0.3, -0.25) is 4.99 Å². The second-order valence-electron chi connectivity index (χ2n) is 8.83. The molecule has 1 aromatic heterocycles. The van der Waals surface area contributed by atoms with Crippen molar-refractivity contribution in [2.45, 2.75) is 57.6 Å². The molecule has 3 N–H and O–H groups in total. The number of benzene rings is 1. The molecule has 0 bridgehead atoms. The van der Waals surface area contributed by atoms with Crippen molar-refractivity contribution >= 4 is 16.9 Å². The first-order chi connectivity index (χ1) is 13.7. The van der Waals surface area contributed by atoms with Gasteiger partial charge in [0.05, 0.1) is 6.10 Å². The molecule has 5 rings (SSSR count). The number of hydrogen-bond acceptors (Lipinski definition) is 2. The average molecular weight is 381 g/mol. The van der Waals surface area contributed by atoms with Crippen molar-refractivity contribution in [3.05, 3.63) is 35.5 Å². The van der Waals surface area contributed by atoms with E-state index < -0.39 is 0 Å². The van der Waals surface area contributed by atoms with Crippen LogP contribution >= 0.6 is 0 Å². The molecule has 1 spiro atoms. The van der Waals surface area contributed by atoms with Crippen molar-refractivity contribution in [3.8, 4) is 0 Å². The van der Waals surface area contributed by atoms with E-state index >= 15 is 0 Å². The lowest BCUT2D eigenvalue weighted by Gasteiger charge is -2.57. The zero-order valence-corrected chi connectivity index (χ0v) is 17.1. The molecule has 2 heterocycles. The summed E-state index contributed by atoms with van der Waals surface area (Å²) in [6.45, 7) is 3.98. The number of rotatable bonds is 4. The van der Waals surface area contributed by atoms with Crippen molar-refractivity contribution in [2.75, 3.05) is 20.2 Å². The summed E-state index contributed by atoms with van der Waals surface area (Å²) in [6, 6.07) is 9.08. The van der Waals surface area contributed by atoms with Crippen molar-refractivity contribution in [2.24, 2.45) is 16.3 Å². The van der Waals surface area contributed by atoms with Crippen molar-refractivity contribution in [1.29, 1.82) is 0 Å². The Morgan fingerprint density at radius 2 is 2.11 bits per heavy atom. The highest BCUT2D eigenvalue weighted by Crippen LogP contribution is 2.60. The molecule has 5 nitrogen and oxygen atoms in total. The molecule has 3 atom stereocenters. The van der Waals surface area contributed by atoms with Crippen LogP contribution in [0.15, 0.2) is 29.3 Å². The average Bonchev–Trinajstić information content (AvgIpc) is 3.42. The van der Waals surface area contributed by atoms with Crippen LogP contribution in [0.4, 0.5) is 0 Å². The molecular weight excluding hydrogens is 348 g/mol. The fraction of sp³-hybridized carbons (Fsp3) is 0.609. The van der Waals surface area contributed by atoms with Gasteiger partial charge in [0, 0.05) is 54.2 Å². The fourth-order valence-corrected chi connectivity index (χ4v) is 6.21. The zero-order valence-electron chi connectivity index (χ0n) is 17.1. The summed E-state index contributed by atoms with van der Waals surface area (Å²) in [4.78, 5) is 8.03. The van der Waals surface area contributed by atoms with E-state index in [0.717, 1.165) is 25.5 Å². The fourth-order valence-electron chi connectivity index (χ4n) is 6.21. The Morgan fingerprint density at radius 3 is 2.93 bits per heavy atom. The predicted molar refractivity (Wildman–Crippen MR) is 114 cm³/mol. The van der Waals surface area contributed by atoms with Gasteiger partial charge < -0.3 is 20.4 Å². The molecular formula is C23H32N4O. The highest BCUT2D eigenvalue weighted by atomic mass is 16.5. The maximum absolute atomic E-state index is 6.12. The molecule has 2 aromatic rings. The van der Waals surface area contributed by atoms with Crippen LogP contribution in [-0.4, -0.2) is 43.3 Å². The summed E-state index contributed by atoms with van der Waals surface area (Å²) in [6.07, 6.45) is 7.96. The molecule has 3 unspecified atom stereocenters. The Bertz CT molecular complexity index is 880. The topological polar surface area (TPSA) is 61.4 Å². The van der Waals surface area contributed by atoms with Gasteiger partial charge in [-0.15, -0.1) is 0 Å². The van der Waals surface area contributed by atoms with Crippen LogP contribution in [0.1, 0.15) is 43.4 Å². The molecule has 150 valence electrons. The molecule has 5 heteroatoms. The van der Waals surface area contributed by atoms with Crippen LogP contribution in [0.2, 0.25) is 0 Å². The minimum atomic E-state index is 0.353. The SMILES string of the molecule is CN=C(NCCc1c(C)[nH]c2ccccc12)NC1C2CCOC2C12CCCC2. The van der Waals surface area contributed by atoms with E-state index in [1.165, 1.54) is 54.3 Å². The Balaban J connectivity index is 1.23. The summed E-state index contributed by atoms with van der Waals surface area (Å²) < 4.78 is 6.12. The minimum absolute atomic E-state index is 0.353. The number of nitrogens with one attached hydrogen (secondary N) is 3. The second-order valence-corrected chi connectivity index (χ2v) is 8.83. The van der Waals surface area contributed by atoms with E-state index in [0.29, 0.717) is 23.5 Å². The molecule has 0 radical (unpaired) electrons. The Kier molecular flexibility index (Phi) is 4.58. The van der Waals surface area contributed by atoms with E-state index in [4.69, 9.17) is 4.74 Å². The standard InChI is InChI=1S/C23H32N4O/c1-15-16(17-7-3-4-8-19(17)26-15)9-13-25-22(24-2)27-20-18-10-14-28-21(18)23(20)11-5-6-12-23/h3-4,7-8,18,20-21,26H,5-6,9-14H2,1-2H3,(H2,24,25,27). The van der Waals surface area contributed by atoms with Gasteiger partial charge >= 0.3 is 0 Å². The minimum Gasteiger partial charge on any atom is -0.377 e. The number of aliphatic imine (C=N–C) groups is 1. The van der Waals surface area contributed by atoms with Gasteiger partial charge in [-0.05, 0) is 44.2 Å². The van der Waals surface area contributed by atoms with E-state index in [9.17, 15) is 0 Å². The molecule has 3 aliphatic rings. The van der Waals surface area contributed by atoms with Crippen LogP contribution in [0, 0.1) is 18.3 Å². The van der Waals surface area contributed by atoms with Crippen LogP contribution in [0.5, 0.6) is 0 Å². The molecule has 3 fully saturated rings. The van der Waals surface area contributed by atoms with E-state index in [2.05, 4.69) is 51.8 Å². The molecule has 0 amide bonds. The summed E-state index contributed by atoms with van der Waals surface area (Å²) in [7, 11) is 1.88. The first-order valence-corrected chi connectivity index (χ1v) is 10.9. The third-order valence-corrected chi connectivity index (χ3v) is 7.50. The summed E-state index contributed by atoms with van der Waals surface area (Å²) >= 11 is 0. The van der Waals surface area contributed by atoms with Crippen molar-refractivity contribution < 1.29 is 4.74 Å². The van der Waals surface area contributed by atoms with Gasteiger partial charge in [-0.2, -0.15) is 0 Å². The summed E-state index contributed by atoms with van der Waals surface area (Å²) in [5.74, 6) is 1.60. The number of aromatic amines is 1. The van der Waals surface area contributed by atoms with E-state index in [1.54, 1.807) is 0 Å². The quantitative estimate of drug-likeness (QED) is 0.562. The Morgan fingerprint density at radius 1 is 1.29 bits per heavy atom. The Labute approximate surface area is 167 Å². The summed E-state index contributed by atoms with van der Waals surface area (Å²) in [5.41, 5.74) is 4.24.